The minimum Gasteiger partial charge on any atom is -0.486 e. The van der Waals surface area contributed by atoms with Crippen LogP contribution in [0.15, 0.2) is 36.7 Å². The number of nitrogens with zero attached hydrogens (tertiary/aromatic N) is 3. The zero-order chi connectivity index (χ0) is 15.2. The van der Waals surface area contributed by atoms with Crippen molar-refractivity contribution in [3.05, 3.63) is 48.1 Å². The molecule has 0 spiro atoms. The van der Waals surface area contributed by atoms with E-state index < -0.39 is 5.97 Å². The number of pyridine rings is 1. The van der Waals surface area contributed by atoms with Gasteiger partial charge < -0.3 is 9.84 Å². The van der Waals surface area contributed by atoms with Crippen molar-refractivity contribution in [3.8, 4) is 5.75 Å². The SMILES string of the molecule is CC(C)n1ccc(COc2ccc(C=CC(=O)O)nc2)n1. The third-order valence-corrected chi connectivity index (χ3v) is 2.74. The van der Waals surface area contributed by atoms with E-state index in [1.807, 2.05) is 16.9 Å². The summed E-state index contributed by atoms with van der Waals surface area (Å²) < 4.78 is 7.46. The van der Waals surface area contributed by atoms with Gasteiger partial charge in [0.15, 0.2) is 0 Å². The van der Waals surface area contributed by atoms with Crippen molar-refractivity contribution in [1.29, 1.82) is 0 Å². The molecule has 6 heteroatoms. The number of carboxylic acids is 1. The molecule has 2 heterocycles. The molecule has 0 atom stereocenters. The van der Waals surface area contributed by atoms with Gasteiger partial charge in [-0.3, -0.25) is 9.67 Å². The van der Waals surface area contributed by atoms with Gasteiger partial charge in [-0.2, -0.15) is 5.10 Å². The van der Waals surface area contributed by atoms with E-state index in [1.54, 1.807) is 18.3 Å². The Labute approximate surface area is 122 Å². The van der Waals surface area contributed by atoms with Gasteiger partial charge in [-0.15, -0.1) is 0 Å². The highest BCUT2D eigenvalue weighted by Gasteiger charge is 2.03. The van der Waals surface area contributed by atoms with Crippen LogP contribution in [0.2, 0.25) is 0 Å². The van der Waals surface area contributed by atoms with E-state index in [9.17, 15) is 4.79 Å². The molecule has 2 aromatic heterocycles. The Morgan fingerprint density at radius 3 is 2.81 bits per heavy atom. The average Bonchev–Trinajstić information content (AvgIpc) is 2.93. The number of hydrogen-bond acceptors (Lipinski definition) is 4. The first-order valence-electron chi connectivity index (χ1n) is 6.58. The lowest BCUT2D eigenvalue weighted by Gasteiger charge is -2.05. The lowest BCUT2D eigenvalue weighted by molar-refractivity contribution is -0.131. The molecule has 110 valence electrons. The number of aromatic nitrogens is 3. The van der Waals surface area contributed by atoms with Gasteiger partial charge in [0.2, 0.25) is 0 Å². The maximum absolute atomic E-state index is 10.4. The Morgan fingerprint density at radius 1 is 1.43 bits per heavy atom. The van der Waals surface area contributed by atoms with Gasteiger partial charge in [0.1, 0.15) is 12.4 Å². The molecule has 1 N–H and O–H groups in total. The lowest BCUT2D eigenvalue weighted by atomic mass is 10.3. The van der Waals surface area contributed by atoms with Crippen LogP contribution in [-0.4, -0.2) is 25.8 Å². The highest BCUT2D eigenvalue weighted by molar-refractivity contribution is 5.84. The zero-order valence-corrected chi connectivity index (χ0v) is 11.9. The first-order valence-corrected chi connectivity index (χ1v) is 6.58. The molecule has 2 rings (SSSR count). The van der Waals surface area contributed by atoms with Crippen LogP contribution in [0.1, 0.15) is 31.3 Å². The summed E-state index contributed by atoms with van der Waals surface area (Å²) >= 11 is 0. The van der Waals surface area contributed by atoms with Gasteiger partial charge >= 0.3 is 5.97 Å². The second kappa shape index (κ2) is 6.69. The highest BCUT2D eigenvalue weighted by Crippen LogP contribution is 2.12. The summed E-state index contributed by atoms with van der Waals surface area (Å²) in [4.78, 5) is 14.5. The molecule has 0 saturated carbocycles. The van der Waals surface area contributed by atoms with Crippen LogP contribution < -0.4 is 4.74 Å². The van der Waals surface area contributed by atoms with Crippen LogP contribution in [0.3, 0.4) is 0 Å². The standard InChI is InChI=1S/C15H17N3O3/c1-11(2)18-8-7-13(17-18)10-21-14-5-3-12(16-9-14)4-6-15(19)20/h3-9,11H,10H2,1-2H3,(H,19,20). The van der Waals surface area contributed by atoms with Crippen LogP contribution >= 0.6 is 0 Å². The summed E-state index contributed by atoms with van der Waals surface area (Å²) in [5.74, 6) is -0.389. The average molecular weight is 287 g/mol. The number of aliphatic carboxylic acids is 1. The summed E-state index contributed by atoms with van der Waals surface area (Å²) in [5, 5.41) is 12.9. The Bertz CT molecular complexity index is 630. The van der Waals surface area contributed by atoms with E-state index in [1.165, 1.54) is 6.08 Å². The number of hydrogen-bond donors (Lipinski definition) is 1. The second-order valence-electron chi connectivity index (χ2n) is 4.76. The quantitative estimate of drug-likeness (QED) is 0.826. The van der Waals surface area contributed by atoms with E-state index in [4.69, 9.17) is 9.84 Å². The largest absolute Gasteiger partial charge is 0.486 e. The van der Waals surface area contributed by atoms with E-state index in [0.717, 1.165) is 11.8 Å². The fraction of sp³-hybridized carbons (Fsp3) is 0.267. The van der Waals surface area contributed by atoms with Gasteiger partial charge in [0, 0.05) is 18.3 Å². The molecule has 0 unspecified atom stereocenters. The van der Waals surface area contributed by atoms with Crippen LogP contribution in [-0.2, 0) is 11.4 Å². The molecule has 2 aromatic rings. The van der Waals surface area contributed by atoms with E-state index in [0.29, 0.717) is 24.1 Å². The molecule has 0 aliphatic carbocycles. The van der Waals surface area contributed by atoms with Crippen molar-refractivity contribution >= 4 is 12.0 Å². The first-order chi connectivity index (χ1) is 10.0. The van der Waals surface area contributed by atoms with Gasteiger partial charge in [0.05, 0.1) is 17.6 Å². The summed E-state index contributed by atoms with van der Waals surface area (Å²) in [6.45, 7) is 4.49. The number of carbonyl (C=O) groups is 1. The molecule has 0 aliphatic rings. The summed E-state index contributed by atoms with van der Waals surface area (Å²) in [6.07, 6.45) is 5.94. The molecule has 0 amide bonds. The zero-order valence-electron chi connectivity index (χ0n) is 11.9. The van der Waals surface area contributed by atoms with Gasteiger partial charge in [-0.05, 0) is 38.1 Å². The van der Waals surface area contributed by atoms with E-state index >= 15 is 0 Å². The molecule has 0 radical (unpaired) electrons. The van der Waals surface area contributed by atoms with Crippen LogP contribution in [0.5, 0.6) is 5.75 Å². The van der Waals surface area contributed by atoms with Crippen molar-refractivity contribution in [3.63, 3.8) is 0 Å². The topological polar surface area (TPSA) is 77.2 Å². The summed E-state index contributed by atoms with van der Waals surface area (Å²) in [6, 6.07) is 5.67. The number of ether oxygens (including phenoxy) is 1. The summed E-state index contributed by atoms with van der Waals surface area (Å²) in [7, 11) is 0. The van der Waals surface area contributed by atoms with Crippen molar-refractivity contribution in [2.45, 2.75) is 26.5 Å². The smallest absolute Gasteiger partial charge is 0.328 e. The Hall–Kier alpha value is -2.63. The predicted molar refractivity (Wildman–Crippen MR) is 77.9 cm³/mol. The molecule has 0 saturated heterocycles. The van der Waals surface area contributed by atoms with Crippen LogP contribution in [0, 0.1) is 0 Å². The third kappa shape index (κ3) is 4.45. The van der Waals surface area contributed by atoms with Gasteiger partial charge in [-0.25, -0.2) is 4.79 Å². The van der Waals surface area contributed by atoms with Crippen molar-refractivity contribution in [2.24, 2.45) is 0 Å². The molecule has 0 aromatic carbocycles. The fourth-order valence-corrected chi connectivity index (χ4v) is 1.63. The monoisotopic (exact) mass is 287 g/mol. The molecular formula is C15H17N3O3. The fourth-order valence-electron chi connectivity index (χ4n) is 1.63. The summed E-state index contributed by atoms with van der Waals surface area (Å²) in [5.41, 5.74) is 1.41. The molecule has 0 fully saturated rings. The molecule has 6 nitrogen and oxygen atoms in total. The van der Waals surface area contributed by atoms with E-state index in [2.05, 4.69) is 23.9 Å². The number of rotatable bonds is 6. The van der Waals surface area contributed by atoms with Crippen molar-refractivity contribution in [1.82, 2.24) is 14.8 Å². The van der Waals surface area contributed by atoms with Crippen LogP contribution in [0.25, 0.3) is 6.08 Å². The maximum Gasteiger partial charge on any atom is 0.328 e. The van der Waals surface area contributed by atoms with Crippen LogP contribution in [0.4, 0.5) is 0 Å². The highest BCUT2D eigenvalue weighted by atomic mass is 16.5. The Kier molecular flexibility index (Phi) is 4.71. The molecular weight excluding hydrogens is 270 g/mol. The lowest BCUT2D eigenvalue weighted by Crippen LogP contribution is -2.03. The maximum atomic E-state index is 10.4. The van der Waals surface area contributed by atoms with Crippen molar-refractivity contribution in [2.75, 3.05) is 0 Å². The minimum absolute atomic E-state index is 0.320. The van der Waals surface area contributed by atoms with Crippen molar-refractivity contribution < 1.29 is 14.6 Å². The molecule has 21 heavy (non-hydrogen) atoms. The Morgan fingerprint density at radius 2 is 2.24 bits per heavy atom. The molecule has 0 bridgehead atoms. The minimum atomic E-state index is -1.00. The van der Waals surface area contributed by atoms with E-state index in [-0.39, 0.29) is 0 Å². The van der Waals surface area contributed by atoms with Gasteiger partial charge in [-0.1, -0.05) is 0 Å². The second-order valence-corrected chi connectivity index (χ2v) is 4.76. The third-order valence-electron chi connectivity index (χ3n) is 2.74. The molecule has 0 aliphatic heterocycles. The first kappa shape index (κ1) is 14.8. The number of carboxylic acid groups (broad SMARTS) is 1. The van der Waals surface area contributed by atoms with Gasteiger partial charge in [0.25, 0.3) is 0 Å². The normalized spacial score (nSPS) is 11.2. The predicted octanol–water partition coefficient (Wildman–Crippen LogP) is 2.54. The Balaban J connectivity index is 1.92.